The van der Waals surface area contributed by atoms with E-state index in [0.29, 0.717) is 31.8 Å². The fraction of sp³-hybridized carbons (Fsp3) is 0.292. The van der Waals surface area contributed by atoms with Gasteiger partial charge in [-0.1, -0.05) is 30.3 Å². The Bertz CT molecular complexity index is 1100. The molecule has 1 aliphatic heterocycles. The molecule has 2 aromatic carbocycles. The zero-order valence-corrected chi connectivity index (χ0v) is 17.4. The SMILES string of the molecule is C[C@@H](/C(O)=C(\C#N)c1nc2ccccc2[nH]1)N1CCC(C(=O)Nc2ccccc2)CC1. The van der Waals surface area contributed by atoms with E-state index in [1.807, 2.05) is 61.5 Å². The van der Waals surface area contributed by atoms with Crippen LogP contribution in [0.2, 0.25) is 0 Å². The lowest BCUT2D eigenvalue weighted by molar-refractivity contribution is -0.121. The number of aromatic amines is 1. The number of para-hydroxylation sites is 3. The molecular weight excluding hydrogens is 390 g/mol. The molecule has 158 valence electrons. The van der Waals surface area contributed by atoms with Gasteiger partial charge in [0.15, 0.2) is 5.82 Å². The van der Waals surface area contributed by atoms with Gasteiger partial charge in [-0.3, -0.25) is 9.69 Å². The first kappa shape index (κ1) is 20.6. The number of H-pyrrole nitrogens is 1. The summed E-state index contributed by atoms with van der Waals surface area (Å²) in [5.41, 5.74) is 2.51. The fourth-order valence-electron chi connectivity index (χ4n) is 4.00. The molecule has 1 aliphatic rings. The average Bonchev–Trinajstić information content (AvgIpc) is 3.23. The lowest BCUT2D eigenvalue weighted by Crippen LogP contribution is -2.43. The smallest absolute Gasteiger partial charge is 0.227 e. The number of nitrogens with one attached hydrogen (secondary N) is 2. The molecule has 7 nitrogen and oxygen atoms in total. The van der Waals surface area contributed by atoms with Crippen molar-refractivity contribution in [2.75, 3.05) is 18.4 Å². The number of aliphatic hydroxyl groups excluding tert-OH is 1. The maximum Gasteiger partial charge on any atom is 0.227 e. The van der Waals surface area contributed by atoms with Crippen molar-refractivity contribution >= 4 is 28.2 Å². The molecule has 0 radical (unpaired) electrons. The van der Waals surface area contributed by atoms with E-state index < -0.39 is 0 Å². The molecule has 1 fully saturated rings. The Labute approximate surface area is 181 Å². The second-order valence-corrected chi connectivity index (χ2v) is 7.82. The van der Waals surface area contributed by atoms with E-state index in [-0.39, 0.29) is 29.2 Å². The molecular formula is C24H25N5O2. The Balaban J connectivity index is 1.42. The normalized spacial score (nSPS) is 17.0. The minimum Gasteiger partial charge on any atom is -0.509 e. The lowest BCUT2D eigenvalue weighted by Gasteiger charge is -2.35. The van der Waals surface area contributed by atoms with Crippen molar-refractivity contribution in [3.8, 4) is 6.07 Å². The predicted molar refractivity (Wildman–Crippen MR) is 120 cm³/mol. The molecule has 0 aliphatic carbocycles. The number of likely N-dealkylation sites (tertiary alicyclic amines) is 1. The average molecular weight is 415 g/mol. The molecule has 1 aromatic heterocycles. The number of imidazole rings is 1. The van der Waals surface area contributed by atoms with Crippen molar-refractivity contribution in [2.24, 2.45) is 5.92 Å². The maximum absolute atomic E-state index is 12.6. The number of fused-ring (bicyclic) bond motifs is 1. The van der Waals surface area contributed by atoms with Crippen molar-refractivity contribution in [1.82, 2.24) is 14.9 Å². The lowest BCUT2D eigenvalue weighted by atomic mass is 9.94. The maximum atomic E-state index is 12.6. The Morgan fingerprint density at radius 3 is 2.55 bits per heavy atom. The van der Waals surface area contributed by atoms with Gasteiger partial charge in [0.2, 0.25) is 5.91 Å². The standard InChI is InChI=1S/C24H25N5O2/c1-16(22(30)19(15-25)23-27-20-9-5-6-10-21(20)28-23)29-13-11-17(12-14-29)24(31)26-18-7-3-2-4-8-18/h2-10,16-17,30H,11-14H2,1H3,(H,26,31)(H,27,28)/b22-19-/t16-/m0/s1. The van der Waals surface area contributed by atoms with Crippen LogP contribution >= 0.6 is 0 Å². The van der Waals surface area contributed by atoms with Crippen molar-refractivity contribution in [1.29, 1.82) is 5.26 Å². The van der Waals surface area contributed by atoms with Crippen molar-refractivity contribution in [3.05, 3.63) is 66.2 Å². The third-order valence-corrected chi connectivity index (χ3v) is 5.88. The van der Waals surface area contributed by atoms with Crippen molar-refractivity contribution in [3.63, 3.8) is 0 Å². The van der Waals surface area contributed by atoms with Crippen LogP contribution in [0.3, 0.4) is 0 Å². The summed E-state index contributed by atoms with van der Waals surface area (Å²) >= 11 is 0. The van der Waals surface area contributed by atoms with Gasteiger partial charge in [0.05, 0.1) is 17.1 Å². The van der Waals surface area contributed by atoms with Crippen LogP contribution < -0.4 is 5.32 Å². The molecule has 1 amide bonds. The monoisotopic (exact) mass is 415 g/mol. The molecule has 3 N–H and O–H groups in total. The Kier molecular flexibility index (Phi) is 6.01. The van der Waals surface area contributed by atoms with E-state index in [2.05, 4.69) is 26.3 Å². The van der Waals surface area contributed by atoms with Crippen molar-refractivity contribution in [2.45, 2.75) is 25.8 Å². The summed E-state index contributed by atoms with van der Waals surface area (Å²) in [6.07, 6.45) is 1.39. The van der Waals surface area contributed by atoms with Crippen LogP contribution in [0, 0.1) is 17.2 Å². The summed E-state index contributed by atoms with van der Waals surface area (Å²) in [4.78, 5) is 22.2. The van der Waals surface area contributed by atoms with Gasteiger partial charge in [-0.15, -0.1) is 0 Å². The highest BCUT2D eigenvalue weighted by Gasteiger charge is 2.30. The van der Waals surface area contributed by atoms with E-state index in [1.54, 1.807) is 0 Å². The predicted octanol–water partition coefficient (Wildman–Crippen LogP) is 4.09. The van der Waals surface area contributed by atoms with Gasteiger partial charge in [0, 0.05) is 11.6 Å². The molecule has 0 saturated carbocycles. The van der Waals surface area contributed by atoms with Crippen LogP contribution in [0.5, 0.6) is 0 Å². The second kappa shape index (κ2) is 9.02. The van der Waals surface area contributed by atoms with Gasteiger partial charge in [-0.2, -0.15) is 5.26 Å². The highest BCUT2D eigenvalue weighted by Crippen LogP contribution is 2.26. The number of aromatic nitrogens is 2. The minimum atomic E-state index is -0.346. The molecule has 4 rings (SSSR count). The van der Waals surface area contributed by atoms with Gasteiger partial charge in [0.25, 0.3) is 0 Å². The van der Waals surface area contributed by atoms with E-state index in [4.69, 9.17) is 0 Å². The van der Waals surface area contributed by atoms with Crippen LogP contribution in [-0.4, -0.2) is 45.0 Å². The zero-order valence-electron chi connectivity index (χ0n) is 17.4. The van der Waals surface area contributed by atoms with Gasteiger partial charge < -0.3 is 15.4 Å². The van der Waals surface area contributed by atoms with Gasteiger partial charge >= 0.3 is 0 Å². The summed E-state index contributed by atoms with van der Waals surface area (Å²) in [6, 6.07) is 18.7. The molecule has 31 heavy (non-hydrogen) atoms. The van der Waals surface area contributed by atoms with E-state index in [9.17, 15) is 15.2 Å². The second-order valence-electron chi connectivity index (χ2n) is 7.82. The Morgan fingerprint density at radius 1 is 1.19 bits per heavy atom. The Hall–Kier alpha value is -3.63. The quantitative estimate of drug-likeness (QED) is 0.430. The first-order chi connectivity index (χ1) is 15.1. The van der Waals surface area contributed by atoms with E-state index in [0.717, 1.165) is 16.7 Å². The molecule has 2 heterocycles. The highest BCUT2D eigenvalue weighted by molar-refractivity contribution is 5.92. The van der Waals surface area contributed by atoms with Crippen LogP contribution in [0.1, 0.15) is 25.6 Å². The number of nitrogens with zero attached hydrogens (tertiary/aromatic N) is 3. The fourth-order valence-corrected chi connectivity index (χ4v) is 4.00. The largest absolute Gasteiger partial charge is 0.509 e. The highest BCUT2D eigenvalue weighted by atomic mass is 16.3. The molecule has 0 bridgehead atoms. The van der Waals surface area contributed by atoms with Crippen molar-refractivity contribution < 1.29 is 9.90 Å². The topological polar surface area (TPSA) is 105 Å². The summed E-state index contributed by atoms with van der Waals surface area (Å²) in [7, 11) is 0. The number of aliphatic hydroxyl groups is 1. The molecule has 1 saturated heterocycles. The summed E-state index contributed by atoms with van der Waals surface area (Å²) < 4.78 is 0. The number of hydrogen-bond donors (Lipinski definition) is 3. The number of hydrogen-bond acceptors (Lipinski definition) is 5. The number of piperidine rings is 1. The molecule has 3 aromatic rings. The molecule has 7 heteroatoms. The van der Waals surface area contributed by atoms with Crippen LogP contribution in [0.15, 0.2) is 60.4 Å². The molecule has 0 unspecified atom stereocenters. The van der Waals surface area contributed by atoms with Gasteiger partial charge in [0.1, 0.15) is 17.4 Å². The van der Waals surface area contributed by atoms with E-state index in [1.165, 1.54) is 0 Å². The number of carbonyl (C=O) groups is 1. The number of rotatable bonds is 5. The van der Waals surface area contributed by atoms with Crippen LogP contribution in [0.4, 0.5) is 5.69 Å². The molecule has 0 spiro atoms. The van der Waals surface area contributed by atoms with Gasteiger partial charge in [-0.05, 0) is 57.1 Å². The van der Waals surface area contributed by atoms with Crippen LogP contribution in [-0.2, 0) is 4.79 Å². The number of amides is 1. The third kappa shape index (κ3) is 4.44. The van der Waals surface area contributed by atoms with Crippen LogP contribution in [0.25, 0.3) is 16.6 Å². The first-order valence-electron chi connectivity index (χ1n) is 10.4. The summed E-state index contributed by atoms with van der Waals surface area (Å²) in [5, 5.41) is 23.5. The number of benzene rings is 2. The van der Waals surface area contributed by atoms with E-state index >= 15 is 0 Å². The summed E-state index contributed by atoms with van der Waals surface area (Å²) in [5.74, 6) is 0.317. The van der Waals surface area contributed by atoms with Gasteiger partial charge in [-0.25, -0.2) is 4.98 Å². The number of carbonyl (C=O) groups excluding carboxylic acids is 1. The number of nitriles is 1. The third-order valence-electron chi connectivity index (χ3n) is 5.88. The summed E-state index contributed by atoms with van der Waals surface area (Å²) in [6.45, 7) is 3.20. The minimum absolute atomic E-state index is 0.00579. The Morgan fingerprint density at radius 2 is 1.87 bits per heavy atom. The number of allylic oxidation sites excluding steroid dienone is 1. The number of anilines is 1. The zero-order chi connectivity index (χ0) is 21.8. The molecule has 1 atom stereocenters. The first-order valence-corrected chi connectivity index (χ1v) is 10.4.